The number of amides is 1. The van der Waals surface area contributed by atoms with E-state index in [1.165, 1.54) is 23.8 Å². The SMILES string of the molecule is CC(=NNC(=O)c1ccc(C(=O)O)c(Cl)c1)c1nn(C)c(-c2ccc(C(C)(C)C)cc2)c1O.CCO. The maximum absolute atomic E-state index is 12.4. The molecule has 3 rings (SSSR count). The van der Waals surface area contributed by atoms with Crippen LogP contribution in [0.1, 0.15) is 66.6 Å². The highest BCUT2D eigenvalue weighted by atomic mass is 35.5. The molecule has 0 radical (unpaired) electrons. The number of hydrogen-bond acceptors (Lipinski definition) is 6. The zero-order valence-corrected chi connectivity index (χ0v) is 21.9. The number of nitrogens with one attached hydrogen (secondary N) is 1. The quantitative estimate of drug-likeness (QED) is 0.290. The number of halogens is 1. The van der Waals surface area contributed by atoms with Crippen molar-refractivity contribution >= 4 is 29.2 Å². The van der Waals surface area contributed by atoms with Gasteiger partial charge in [0, 0.05) is 24.8 Å². The van der Waals surface area contributed by atoms with Gasteiger partial charge in [0.2, 0.25) is 0 Å². The van der Waals surface area contributed by atoms with Crippen LogP contribution in [0.4, 0.5) is 0 Å². The van der Waals surface area contributed by atoms with Crippen LogP contribution in [0, 0.1) is 0 Å². The molecule has 0 saturated heterocycles. The van der Waals surface area contributed by atoms with E-state index in [-0.39, 0.29) is 39.6 Å². The Morgan fingerprint density at radius 3 is 2.22 bits per heavy atom. The third-order valence-corrected chi connectivity index (χ3v) is 5.49. The molecular weight excluding hydrogens is 484 g/mol. The smallest absolute Gasteiger partial charge is 0.337 e. The number of carbonyl (C=O) groups excluding carboxylic acids is 1. The van der Waals surface area contributed by atoms with Crippen LogP contribution in [0.15, 0.2) is 47.6 Å². The molecule has 36 heavy (non-hydrogen) atoms. The molecular formula is C26H31ClN4O5. The lowest BCUT2D eigenvalue weighted by Gasteiger charge is -2.19. The topological polar surface area (TPSA) is 137 Å². The predicted molar refractivity (Wildman–Crippen MR) is 140 cm³/mol. The van der Waals surface area contributed by atoms with Gasteiger partial charge in [-0.3, -0.25) is 9.48 Å². The van der Waals surface area contributed by atoms with E-state index >= 15 is 0 Å². The van der Waals surface area contributed by atoms with Gasteiger partial charge in [-0.05, 0) is 43.0 Å². The van der Waals surface area contributed by atoms with Crippen molar-refractivity contribution in [3.05, 3.63) is 69.9 Å². The van der Waals surface area contributed by atoms with Crippen molar-refractivity contribution in [1.29, 1.82) is 0 Å². The summed E-state index contributed by atoms with van der Waals surface area (Å²) >= 11 is 5.92. The molecule has 3 aromatic rings. The summed E-state index contributed by atoms with van der Waals surface area (Å²) in [7, 11) is 1.72. The first kappa shape index (κ1) is 28.5. The molecule has 0 fully saturated rings. The highest BCUT2D eigenvalue weighted by Crippen LogP contribution is 2.33. The number of aromatic hydroxyl groups is 1. The number of benzene rings is 2. The third-order valence-electron chi connectivity index (χ3n) is 5.18. The molecule has 0 aliphatic heterocycles. The van der Waals surface area contributed by atoms with Crippen molar-refractivity contribution in [2.75, 3.05) is 6.61 Å². The van der Waals surface area contributed by atoms with Crippen molar-refractivity contribution < 1.29 is 24.9 Å². The molecule has 1 aromatic heterocycles. The van der Waals surface area contributed by atoms with E-state index in [1.807, 2.05) is 24.3 Å². The van der Waals surface area contributed by atoms with Crippen molar-refractivity contribution in [1.82, 2.24) is 15.2 Å². The molecule has 192 valence electrons. The Hall–Kier alpha value is -3.69. The second kappa shape index (κ2) is 11.8. The Bertz CT molecular complexity index is 1270. The van der Waals surface area contributed by atoms with Crippen LogP contribution in [0.3, 0.4) is 0 Å². The van der Waals surface area contributed by atoms with Crippen molar-refractivity contribution in [3.8, 4) is 17.0 Å². The Balaban J connectivity index is 0.00000145. The molecule has 0 bridgehead atoms. The van der Waals surface area contributed by atoms with E-state index in [4.69, 9.17) is 21.8 Å². The number of carboxylic acid groups (broad SMARTS) is 1. The Morgan fingerprint density at radius 2 is 1.72 bits per heavy atom. The number of aromatic nitrogens is 2. The molecule has 2 aromatic carbocycles. The van der Waals surface area contributed by atoms with Gasteiger partial charge in [-0.15, -0.1) is 0 Å². The fraction of sp³-hybridized carbons (Fsp3) is 0.308. The number of hydrazone groups is 1. The monoisotopic (exact) mass is 514 g/mol. The largest absolute Gasteiger partial charge is 0.504 e. The van der Waals surface area contributed by atoms with E-state index in [1.54, 1.807) is 25.6 Å². The van der Waals surface area contributed by atoms with Crippen LogP contribution < -0.4 is 5.43 Å². The first-order valence-electron chi connectivity index (χ1n) is 11.2. The second-order valence-corrected chi connectivity index (χ2v) is 9.36. The number of rotatable bonds is 5. The fourth-order valence-electron chi connectivity index (χ4n) is 3.29. The summed E-state index contributed by atoms with van der Waals surface area (Å²) in [6.45, 7) is 9.92. The lowest BCUT2D eigenvalue weighted by Crippen LogP contribution is -2.19. The maximum atomic E-state index is 12.4. The summed E-state index contributed by atoms with van der Waals surface area (Å²) in [4.78, 5) is 23.5. The predicted octanol–water partition coefficient (Wildman–Crippen LogP) is 4.59. The van der Waals surface area contributed by atoms with Gasteiger partial charge in [-0.2, -0.15) is 10.2 Å². The summed E-state index contributed by atoms with van der Waals surface area (Å²) in [5, 5.41) is 35.8. The summed E-state index contributed by atoms with van der Waals surface area (Å²) in [6, 6.07) is 11.7. The van der Waals surface area contributed by atoms with Gasteiger partial charge in [0.15, 0.2) is 11.4 Å². The van der Waals surface area contributed by atoms with Gasteiger partial charge in [-0.1, -0.05) is 56.6 Å². The number of aryl methyl sites for hydroxylation is 1. The third kappa shape index (κ3) is 6.71. The number of carboxylic acids is 1. The van der Waals surface area contributed by atoms with Crippen molar-refractivity contribution in [2.24, 2.45) is 12.1 Å². The minimum Gasteiger partial charge on any atom is -0.504 e. The van der Waals surface area contributed by atoms with Crippen LogP contribution in [0.5, 0.6) is 5.75 Å². The highest BCUT2D eigenvalue weighted by molar-refractivity contribution is 6.33. The van der Waals surface area contributed by atoms with Crippen LogP contribution in [-0.4, -0.2) is 49.3 Å². The fourth-order valence-corrected chi connectivity index (χ4v) is 3.55. The summed E-state index contributed by atoms with van der Waals surface area (Å²) in [6.07, 6.45) is 0. The Labute approximate surface area is 215 Å². The summed E-state index contributed by atoms with van der Waals surface area (Å²) in [5.41, 5.74) is 5.45. The molecule has 9 nitrogen and oxygen atoms in total. The first-order chi connectivity index (χ1) is 16.8. The molecule has 0 aliphatic carbocycles. The van der Waals surface area contributed by atoms with Crippen LogP contribution in [0.2, 0.25) is 5.02 Å². The van der Waals surface area contributed by atoms with Gasteiger partial charge >= 0.3 is 5.97 Å². The second-order valence-electron chi connectivity index (χ2n) is 8.95. The van der Waals surface area contributed by atoms with E-state index < -0.39 is 11.9 Å². The van der Waals surface area contributed by atoms with Crippen molar-refractivity contribution in [3.63, 3.8) is 0 Å². The zero-order valence-electron chi connectivity index (χ0n) is 21.1. The van der Waals surface area contributed by atoms with E-state index in [0.717, 1.165) is 5.56 Å². The van der Waals surface area contributed by atoms with Gasteiger partial charge < -0.3 is 15.3 Å². The van der Waals surface area contributed by atoms with E-state index in [9.17, 15) is 14.7 Å². The molecule has 1 amide bonds. The van der Waals surface area contributed by atoms with Crippen LogP contribution in [-0.2, 0) is 12.5 Å². The summed E-state index contributed by atoms with van der Waals surface area (Å²) in [5.74, 6) is -1.82. The summed E-state index contributed by atoms with van der Waals surface area (Å²) < 4.78 is 1.56. The molecule has 0 atom stereocenters. The normalized spacial score (nSPS) is 11.5. The number of carbonyl (C=O) groups is 2. The average molecular weight is 515 g/mol. The van der Waals surface area contributed by atoms with Gasteiger partial charge in [0.05, 0.1) is 16.3 Å². The average Bonchev–Trinajstić information content (AvgIpc) is 3.10. The maximum Gasteiger partial charge on any atom is 0.337 e. The number of hydrogen-bond donors (Lipinski definition) is 4. The Kier molecular flexibility index (Phi) is 9.38. The Morgan fingerprint density at radius 1 is 1.14 bits per heavy atom. The van der Waals surface area contributed by atoms with Crippen molar-refractivity contribution in [2.45, 2.75) is 40.0 Å². The zero-order chi connectivity index (χ0) is 27.2. The molecule has 4 N–H and O–H groups in total. The minimum atomic E-state index is -1.18. The van der Waals surface area contributed by atoms with E-state index in [2.05, 4.69) is 36.4 Å². The lowest BCUT2D eigenvalue weighted by molar-refractivity contribution is 0.0696. The van der Waals surface area contributed by atoms with Crippen LogP contribution in [0.25, 0.3) is 11.3 Å². The molecule has 0 aliphatic rings. The van der Waals surface area contributed by atoms with Gasteiger partial charge in [-0.25, -0.2) is 10.2 Å². The molecule has 0 saturated carbocycles. The first-order valence-corrected chi connectivity index (χ1v) is 11.5. The molecule has 1 heterocycles. The molecule has 0 unspecified atom stereocenters. The number of aliphatic hydroxyl groups is 1. The number of aromatic carboxylic acids is 1. The molecule has 0 spiro atoms. The van der Waals surface area contributed by atoms with Gasteiger partial charge in [0.1, 0.15) is 5.69 Å². The number of nitrogens with zero attached hydrogens (tertiary/aromatic N) is 3. The molecule has 10 heteroatoms. The van der Waals surface area contributed by atoms with Gasteiger partial charge in [0.25, 0.3) is 5.91 Å². The minimum absolute atomic E-state index is 0.0117. The van der Waals surface area contributed by atoms with E-state index in [0.29, 0.717) is 11.4 Å². The highest BCUT2D eigenvalue weighted by Gasteiger charge is 2.21. The standard InChI is InChI=1S/C24H25ClN4O4.C2H6O/c1-13(26-27-22(31)15-8-11-17(23(32)33)18(25)12-15)19-21(30)20(29(5)28-19)14-6-9-16(10-7-14)24(2,3)4;1-2-3/h6-12,30H,1-5H3,(H,27,31)(H,32,33);3H,2H2,1H3. The number of aliphatic hydroxyl groups excluding tert-OH is 1. The lowest BCUT2D eigenvalue weighted by atomic mass is 9.86. The van der Waals surface area contributed by atoms with Crippen LogP contribution >= 0.6 is 11.6 Å².